The van der Waals surface area contributed by atoms with E-state index in [9.17, 15) is 4.79 Å². The second-order valence-electron chi connectivity index (χ2n) is 8.51. The fraction of sp³-hybridized carbons (Fsp3) is 0.522. The number of benzene rings is 1. The zero-order chi connectivity index (χ0) is 19.7. The van der Waals surface area contributed by atoms with Crippen LogP contribution < -0.4 is 4.74 Å². The van der Waals surface area contributed by atoms with Crippen LogP contribution >= 0.6 is 0 Å². The molecule has 0 unspecified atom stereocenters. The lowest BCUT2D eigenvalue weighted by Crippen LogP contribution is -2.45. The smallest absolute Gasteiger partial charge is 0.289 e. The third-order valence-electron chi connectivity index (χ3n) is 6.24. The monoisotopic (exact) mass is 382 g/mol. The Bertz CT molecular complexity index is 859. The molecule has 150 valence electrons. The first-order valence-electron chi connectivity index (χ1n) is 10.2. The lowest BCUT2D eigenvalue weighted by molar-refractivity contribution is 0.0649. The van der Waals surface area contributed by atoms with E-state index in [1.54, 1.807) is 7.11 Å². The van der Waals surface area contributed by atoms with Gasteiger partial charge in [0.2, 0.25) is 0 Å². The van der Waals surface area contributed by atoms with Gasteiger partial charge in [0, 0.05) is 37.2 Å². The average Bonchev–Trinajstić information content (AvgIpc) is 3.24. The number of carbonyl (C=O) groups excluding carboxylic acids is 1. The van der Waals surface area contributed by atoms with Crippen LogP contribution in [-0.4, -0.2) is 49.0 Å². The fourth-order valence-electron chi connectivity index (χ4n) is 4.91. The van der Waals surface area contributed by atoms with Gasteiger partial charge in [0.05, 0.1) is 7.11 Å². The first-order chi connectivity index (χ1) is 13.5. The summed E-state index contributed by atoms with van der Waals surface area (Å²) in [6.07, 6.45) is 3.46. The Morgan fingerprint density at radius 3 is 2.79 bits per heavy atom. The Morgan fingerprint density at radius 1 is 1.18 bits per heavy atom. The third-order valence-corrected chi connectivity index (χ3v) is 6.24. The molecule has 2 saturated heterocycles. The molecule has 5 heteroatoms. The van der Waals surface area contributed by atoms with Crippen LogP contribution in [0.2, 0.25) is 0 Å². The van der Waals surface area contributed by atoms with E-state index in [-0.39, 0.29) is 11.3 Å². The van der Waals surface area contributed by atoms with Crippen molar-refractivity contribution in [2.45, 2.75) is 39.7 Å². The lowest BCUT2D eigenvalue weighted by atomic mass is 9.79. The molecule has 0 saturated carbocycles. The van der Waals surface area contributed by atoms with Crippen LogP contribution in [0.5, 0.6) is 5.75 Å². The SMILES string of the molecule is COc1cccc(CN2CCC[C@@]3(CCN(C(=O)c4oc(C)cc4C)C3)C2)c1. The number of likely N-dealkylation sites (tertiary alicyclic amines) is 2. The molecule has 0 bridgehead atoms. The van der Waals surface area contributed by atoms with Crippen molar-refractivity contribution in [3.63, 3.8) is 0 Å². The highest BCUT2D eigenvalue weighted by Gasteiger charge is 2.43. The Hall–Kier alpha value is -2.27. The van der Waals surface area contributed by atoms with Crippen molar-refractivity contribution in [3.8, 4) is 5.75 Å². The van der Waals surface area contributed by atoms with Gasteiger partial charge < -0.3 is 14.1 Å². The maximum Gasteiger partial charge on any atom is 0.289 e. The number of nitrogens with zero attached hydrogens (tertiary/aromatic N) is 2. The second kappa shape index (κ2) is 7.63. The molecule has 2 aliphatic heterocycles. The molecular weight excluding hydrogens is 352 g/mol. The van der Waals surface area contributed by atoms with Gasteiger partial charge in [0.1, 0.15) is 11.5 Å². The Balaban J connectivity index is 1.42. The standard InChI is InChI=1S/C23H30N2O3/c1-17-12-18(2)28-21(17)22(26)25-11-9-23(16-25)8-5-10-24(15-23)14-19-6-4-7-20(13-19)27-3/h4,6-7,12-13H,5,8-11,14-16H2,1-3H3/t23-/m1/s1. The van der Waals surface area contributed by atoms with Gasteiger partial charge in [0.15, 0.2) is 5.76 Å². The normalized spacial score (nSPS) is 22.8. The number of ether oxygens (including phenoxy) is 1. The van der Waals surface area contributed by atoms with Crippen LogP contribution in [0.25, 0.3) is 0 Å². The molecule has 0 aliphatic carbocycles. The summed E-state index contributed by atoms with van der Waals surface area (Å²) in [5.74, 6) is 2.27. The van der Waals surface area contributed by atoms with E-state index in [0.29, 0.717) is 5.76 Å². The van der Waals surface area contributed by atoms with Gasteiger partial charge in [-0.3, -0.25) is 9.69 Å². The Kier molecular flexibility index (Phi) is 5.19. The van der Waals surface area contributed by atoms with Crippen molar-refractivity contribution in [1.82, 2.24) is 9.80 Å². The van der Waals surface area contributed by atoms with Crippen LogP contribution in [-0.2, 0) is 6.54 Å². The van der Waals surface area contributed by atoms with Crippen LogP contribution in [0.15, 0.2) is 34.7 Å². The minimum absolute atomic E-state index is 0.0485. The molecule has 1 spiro atoms. The molecule has 3 heterocycles. The number of amides is 1. The number of carbonyl (C=O) groups is 1. The van der Waals surface area contributed by atoms with Crippen LogP contribution in [0.1, 0.15) is 46.7 Å². The maximum atomic E-state index is 13.0. The topological polar surface area (TPSA) is 45.9 Å². The van der Waals surface area contributed by atoms with Crippen LogP contribution in [0.3, 0.4) is 0 Å². The van der Waals surface area contributed by atoms with Crippen LogP contribution in [0.4, 0.5) is 0 Å². The number of piperidine rings is 1. The summed E-state index contributed by atoms with van der Waals surface area (Å²) in [6.45, 7) is 8.60. The van der Waals surface area contributed by atoms with Crippen molar-refractivity contribution >= 4 is 5.91 Å². The van der Waals surface area contributed by atoms with E-state index < -0.39 is 0 Å². The van der Waals surface area contributed by atoms with Gasteiger partial charge in [0.25, 0.3) is 5.91 Å². The zero-order valence-electron chi connectivity index (χ0n) is 17.2. The Morgan fingerprint density at radius 2 is 2.04 bits per heavy atom. The highest BCUT2D eigenvalue weighted by molar-refractivity contribution is 5.93. The van der Waals surface area contributed by atoms with E-state index in [4.69, 9.17) is 9.15 Å². The predicted octanol–water partition coefficient (Wildman–Crippen LogP) is 4.03. The van der Waals surface area contributed by atoms with Crippen molar-refractivity contribution in [1.29, 1.82) is 0 Å². The molecule has 4 rings (SSSR count). The number of aryl methyl sites for hydroxylation is 2. The molecule has 28 heavy (non-hydrogen) atoms. The molecule has 0 radical (unpaired) electrons. The molecule has 1 atom stereocenters. The highest BCUT2D eigenvalue weighted by atomic mass is 16.5. The van der Waals surface area contributed by atoms with Gasteiger partial charge in [-0.15, -0.1) is 0 Å². The molecule has 1 aromatic heterocycles. The van der Waals surface area contributed by atoms with Gasteiger partial charge >= 0.3 is 0 Å². The van der Waals surface area contributed by atoms with E-state index in [2.05, 4.69) is 23.1 Å². The third kappa shape index (κ3) is 3.81. The fourth-order valence-corrected chi connectivity index (χ4v) is 4.91. The number of furan rings is 1. The van der Waals surface area contributed by atoms with Gasteiger partial charge in [-0.25, -0.2) is 0 Å². The van der Waals surface area contributed by atoms with E-state index in [0.717, 1.165) is 56.2 Å². The van der Waals surface area contributed by atoms with E-state index in [1.165, 1.54) is 18.4 Å². The summed E-state index contributed by atoms with van der Waals surface area (Å²) in [4.78, 5) is 17.5. The number of rotatable bonds is 4. The van der Waals surface area contributed by atoms with Gasteiger partial charge in [-0.05, 0) is 63.4 Å². The first-order valence-corrected chi connectivity index (χ1v) is 10.2. The number of methoxy groups -OCH3 is 1. The van der Waals surface area contributed by atoms with Crippen molar-refractivity contribution in [3.05, 3.63) is 53.0 Å². The molecule has 0 N–H and O–H groups in total. The summed E-state index contributed by atoms with van der Waals surface area (Å²) >= 11 is 0. The zero-order valence-corrected chi connectivity index (χ0v) is 17.2. The quantitative estimate of drug-likeness (QED) is 0.801. The molecular formula is C23H30N2O3. The second-order valence-corrected chi connectivity index (χ2v) is 8.51. The minimum atomic E-state index is 0.0485. The van der Waals surface area contributed by atoms with Gasteiger partial charge in [-0.2, -0.15) is 0 Å². The van der Waals surface area contributed by atoms with Crippen molar-refractivity contribution in [2.24, 2.45) is 5.41 Å². The average molecular weight is 383 g/mol. The summed E-state index contributed by atoms with van der Waals surface area (Å²) in [5.41, 5.74) is 2.43. The number of hydrogen-bond donors (Lipinski definition) is 0. The largest absolute Gasteiger partial charge is 0.497 e. The van der Waals surface area contributed by atoms with Gasteiger partial charge in [-0.1, -0.05) is 12.1 Å². The summed E-state index contributed by atoms with van der Waals surface area (Å²) in [6, 6.07) is 10.3. The van der Waals surface area contributed by atoms with E-state index >= 15 is 0 Å². The first kappa shape index (κ1) is 19.1. The molecule has 1 aromatic carbocycles. The molecule has 2 aromatic rings. The van der Waals surface area contributed by atoms with Crippen molar-refractivity contribution in [2.75, 3.05) is 33.3 Å². The molecule has 2 fully saturated rings. The summed E-state index contributed by atoms with van der Waals surface area (Å²) in [5, 5.41) is 0. The predicted molar refractivity (Wildman–Crippen MR) is 109 cm³/mol. The molecule has 2 aliphatic rings. The Labute approximate surface area is 167 Å². The maximum absolute atomic E-state index is 13.0. The molecule has 5 nitrogen and oxygen atoms in total. The highest BCUT2D eigenvalue weighted by Crippen LogP contribution is 2.40. The minimum Gasteiger partial charge on any atom is -0.497 e. The van der Waals surface area contributed by atoms with E-state index in [1.807, 2.05) is 30.9 Å². The summed E-state index contributed by atoms with van der Waals surface area (Å²) < 4.78 is 11.0. The summed E-state index contributed by atoms with van der Waals surface area (Å²) in [7, 11) is 1.71. The molecule has 1 amide bonds. The number of hydrogen-bond acceptors (Lipinski definition) is 4. The lowest BCUT2D eigenvalue weighted by Gasteiger charge is -2.40. The van der Waals surface area contributed by atoms with Crippen LogP contribution in [0, 0.1) is 19.3 Å². The van der Waals surface area contributed by atoms with Crippen molar-refractivity contribution < 1.29 is 13.9 Å².